The second-order valence-electron chi connectivity index (χ2n) is 5.11. The topological polar surface area (TPSA) is 57.8 Å². The van der Waals surface area contributed by atoms with Gasteiger partial charge in [-0.1, -0.05) is 34.1 Å². The Bertz CT molecular complexity index is 857. The Kier molecular flexibility index (Phi) is 4.63. The number of aromatic amines is 1. The highest BCUT2D eigenvalue weighted by Crippen LogP contribution is 2.25. The summed E-state index contributed by atoms with van der Waals surface area (Å²) in [6.07, 6.45) is 0. The van der Waals surface area contributed by atoms with Crippen molar-refractivity contribution in [2.24, 2.45) is 0 Å². The van der Waals surface area contributed by atoms with Crippen molar-refractivity contribution in [3.05, 3.63) is 68.7 Å². The zero-order valence-electron chi connectivity index (χ0n) is 12.2. The molecule has 0 radical (unpaired) electrons. The lowest BCUT2D eigenvalue weighted by molar-refractivity contribution is 0.102. The molecular weight excluding hydrogens is 422 g/mol. The van der Waals surface area contributed by atoms with Gasteiger partial charge in [-0.2, -0.15) is 5.10 Å². The predicted molar refractivity (Wildman–Crippen MR) is 98.6 cm³/mol. The number of benzene rings is 2. The van der Waals surface area contributed by atoms with Gasteiger partial charge in [-0.25, -0.2) is 0 Å². The molecule has 2 N–H and O–H groups in total. The molecule has 116 valence electrons. The molecule has 23 heavy (non-hydrogen) atoms. The number of nitrogens with zero attached hydrogens (tertiary/aromatic N) is 1. The van der Waals surface area contributed by atoms with E-state index in [0.717, 1.165) is 31.5 Å². The van der Waals surface area contributed by atoms with Gasteiger partial charge in [-0.05, 0) is 58.7 Å². The summed E-state index contributed by atoms with van der Waals surface area (Å²) >= 11 is 6.85. The number of hydrogen-bond donors (Lipinski definition) is 2. The fourth-order valence-corrected chi connectivity index (χ4v) is 2.97. The molecule has 0 atom stereocenters. The number of aryl methyl sites for hydroxylation is 1. The van der Waals surface area contributed by atoms with Crippen LogP contribution in [0.3, 0.4) is 0 Å². The molecule has 3 aromatic rings. The van der Waals surface area contributed by atoms with Crippen LogP contribution in [0.4, 0.5) is 5.69 Å². The molecule has 2 aromatic carbocycles. The molecule has 0 unspecified atom stereocenters. The van der Waals surface area contributed by atoms with Crippen LogP contribution in [-0.4, -0.2) is 16.1 Å². The van der Waals surface area contributed by atoms with Gasteiger partial charge in [0.2, 0.25) is 0 Å². The van der Waals surface area contributed by atoms with E-state index in [0.29, 0.717) is 5.69 Å². The molecule has 0 saturated heterocycles. The highest BCUT2D eigenvalue weighted by molar-refractivity contribution is 9.10. The van der Waals surface area contributed by atoms with Gasteiger partial charge in [0.15, 0.2) is 0 Å². The van der Waals surface area contributed by atoms with Crippen molar-refractivity contribution in [3.8, 4) is 11.3 Å². The summed E-state index contributed by atoms with van der Waals surface area (Å²) in [7, 11) is 0. The number of anilines is 1. The lowest BCUT2D eigenvalue weighted by Gasteiger charge is -2.06. The number of rotatable bonds is 3. The first-order valence-electron chi connectivity index (χ1n) is 6.92. The van der Waals surface area contributed by atoms with Gasteiger partial charge in [-0.15, -0.1) is 0 Å². The van der Waals surface area contributed by atoms with Crippen LogP contribution in [0.2, 0.25) is 0 Å². The van der Waals surface area contributed by atoms with E-state index in [1.165, 1.54) is 0 Å². The van der Waals surface area contributed by atoms with Crippen molar-refractivity contribution >= 4 is 43.5 Å². The first kappa shape index (κ1) is 16.0. The summed E-state index contributed by atoms with van der Waals surface area (Å²) in [6, 6.07) is 15.3. The minimum absolute atomic E-state index is 0.231. The number of amides is 1. The molecule has 1 heterocycles. The normalized spacial score (nSPS) is 10.6. The predicted octanol–water partition coefficient (Wildman–Crippen LogP) is 5.16. The van der Waals surface area contributed by atoms with Crippen molar-refractivity contribution in [3.63, 3.8) is 0 Å². The number of hydrogen-bond acceptors (Lipinski definition) is 2. The van der Waals surface area contributed by atoms with Crippen molar-refractivity contribution in [1.29, 1.82) is 0 Å². The molecule has 0 fully saturated rings. The average molecular weight is 435 g/mol. The highest BCUT2D eigenvalue weighted by Gasteiger charge is 2.12. The maximum atomic E-state index is 12.3. The van der Waals surface area contributed by atoms with Gasteiger partial charge < -0.3 is 5.32 Å². The molecule has 6 heteroatoms. The fourth-order valence-electron chi connectivity index (χ4n) is 2.12. The number of carbonyl (C=O) groups excluding carboxylic acids is 1. The Labute approximate surface area is 150 Å². The molecule has 0 aliphatic rings. The molecule has 1 amide bonds. The van der Waals surface area contributed by atoms with E-state index in [9.17, 15) is 4.79 Å². The van der Waals surface area contributed by atoms with E-state index in [-0.39, 0.29) is 5.91 Å². The number of aromatic nitrogens is 2. The average Bonchev–Trinajstić information content (AvgIpc) is 3.01. The Hall–Kier alpha value is -1.92. The first-order chi connectivity index (χ1) is 11.0. The molecule has 3 rings (SSSR count). The number of carbonyl (C=O) groups is 1. The highest BCUT2D eigenvalue weighted by atomic mass is 79.9. The van der Waals surface area contributed by atoms with Gasteiger partial charge >= 0.3 is 0 Å². The second kappa shape index (κ2) is 6.68. The van der Waals surface area contributed by atoms with E-state index in [2.05, 4.69) is 47.4 Å². The van der Waals surface area contributed by atoms with Crippen molar-refractivity contribution < 1.29 is 4.79 Å². The van der Waals surface area contributed by atoms with Crippen LogP contribution in [0, 0.1) is 6.92 Å². The van der Waals surface area contributed by atoms with Gasteiger partial charge in [0.05, 0.1) is 11.4 Å². The molecule has 1 aromatic heterocycles. The van der Waals surface area contributed by atoms with Crippen LogP contribution in [-0.2, 0) is 0 Å². The third-order valence-corrected chi connectivity index (χ3v) is 4.52. The standard InChI is InChI=1S/C17H13Br2N3O/c1-10-2-7-14(13(19)8-10)20-17(23)16-9-15(21-22-16)11-3-5-12(18)6-4-11/h2-9H,1H3,(H,20,23)(H,21,22). The van der Waals surface area contributed by atoms with E-state index in [1.54, 1.807) is 6.07 Å². The number of nitrogens with one attached hydrogen (secondary N) is 2. The van der Waals surface area contributed by atoms with Crippen molar-refractivity contribution in [2.75, 3.05) is 5.32 Å². The number of halogens is 2. The summed E-state index contributed by atoms with van der Waals surface area (Å²) in [6.45, 7) is 2.00. The van der Waals surface area contributed by atoms with E-state index in [1.807, 2.05) is 49.4 Å². The first-order valence-corrected chi connectivity index (χ1v) is 8.50. The maximum Gasteiger partial charge on any atom is 0.273 e. The molecule has 0 spiro atoms. The second-order valence-corrected chi connectivity index (χ2v) is 6.88. The van der Waals surface area contributed by atoms with Gasteiger partial charge in [-0.3, -0.25) is 9.89 Å². The third kappa shape index (κ3) is 3.71. The van der Waals surface area contributed by atoms with Crippen LogP contribution in [0.5, 0.6) is 0 Å². The Morgan fingerprint density at radius 1 is 1.09 bits per heavy atom. The van der Waals surface area contributed by atoms with Crippen LogP contribution in [0.15, 0.2) is 57.5 Å². The molecule has 0 aliphatic carbocycles. The molecule has 0 bridgehead atoms. The monoisotopic (exact) mass is 433 g/mol. The summed E-state index contributed by atoms with van der Waals surface area (Å²) in [5.41, 5.74) is 3.93. The number of H-pyrrole nitrogens is 1. The van der Waals surface area contributed by atoms with E-state index >= 15 is 0 Å². The van der Waals surface area contributed by atoms with Crippen molar-refractivity contribution in [2.45, 2.75) is 6.92 Å². The lowest BCUT2D eigenvalue weighted by Crippen LogP contribution is -2.12. The zero-order valence-corrected chi connectivity index (χ0v) is 15.4. The summed E-state index contributed by atoms with van der Waals surface area (Å²) in [5.74, 6) is -0.231. The molecule has 0 saturated carbocycles. The maximum absolute atomic E-state index is 12.3. The molecule has 4 nitrogen and oxygen atoms in total. The molecule has 0 aliphatic heterocycles. The smallest absolute Gasteiger partial charge is 0.273 e. The van der Waals surface area contributed by atoms with Crippen LogP contribution in [0.25, 0.3) is 11.3 Å². The Balaban J connectivity index is 1.79. The fraction of sp³-hybridized carbons (Fsp3) is 0.0588. The van der Waals surface area contributed by atoms with Crippen molar-refractivity contribution in [1.82, 2.24) is 10.2 Å². The lowest BCUT2D eigenvalue weighted by atomic mass is 10.1. The Morgan fingerprint density at radius 3 is 2.52 bits per heavy atom. The third-order valence-electron chi connectivity index (χ3n) is 3.34. The van der Waals surface area contributed by atoms with Gasteiger partial charge in [0.25, 0.3) is 5.91 Å². The summed E-state index contributed by atoms with van der Waals surface area (Å²) < 4.78 is 1.84. The van der Waals surface area contributed by atoms with Crippen LogP contribution >= 0.6 is 31.9 Å². The Morgan fingerprint density at radius 2 is 1.83 bits per heavy atom. The van der Waals surface area contributed by atoms with Gasteiger partial charge in [0, 0.05) is 14.5 Å². The SMILES string of the molecule is Cc1ccc(NC(=O)c2cc(-c3ccc(Br)cc3)n[nH]2)c(Br)c1. The quantitative estimate of drug-likeness (QED) is 0.597. The summed E-state index contributed by atoms with van der Waals surface area (Å²) in [5, 5.41) is 9.85. The van der Waals surface area contributed by atoms with E-state index in [4.69, 9.17) is 0 Å². The minimum atomic E-state index is -0.231. The molecular formula is C17H13Br2N3O. The van der Waals surface area contributed by atoms with Crippen LogP contribution < -0.4 is 5.32 Å². The minimum Gasteiger partial charge on any atom is -0.320 e. The van der Waals surface area contributed by atoms with Crippen LogP contribution in [0.1, 0.15) is 16.1 Å². The summed E-state index contributed by atoms with van der Waals surface area (Å²) in [4.78, 5) is 12.3. The van der Waals surface area contributed by atoms with Gasteiger partial charge in [0.1, 0.15) is 5.69 Å². The largest absolute Gasteiger partial charge is 0.320 e. The zero-order chi connectivity index (χ0) is 16.4. The van der Waals surface area contributed by atoms with E-state index < -0.39 is 0 Å².